The molecule has 2 heteroatoms. The van der Waals surface area contributed by atoms with Crippen molar-refractivity contribution in [2.45, 2.75) is 54.4 Å². The highest BCUT2D eigenvalue weighted by Crippen LogP contribution is 2.33. The van der Waals surface area contributed by atoms with Gasteiger partial charge in [-0.15, -0.1) is 0 Å². The lowest BCUT2D eigenvalue weighted by atomic mass is 9.75. The summed E-state index contributed by atoms with van der Waals surface area (Å²) >= 11 is 0. The second-order valence-electron chi connectivity index (χ2n) is 9.06. The summed E-state index contributed by atoms with van der Waals surface area (Å²) < 4.78 is 0. The van der Waals surface area contributed by atoms with Crippen LogP contribution < -0.4 is 10.6 Å². The highest BCUT2D eigenvalue weighted by Gasteiger charge is 2.29. The fraction of sp³-hybridized carbons (Fsp3) is 0.818. The first-order valence-corrected chi connectivity index (χ1v) is 10.4. The van der Waals surface area contributed by atoms with Crippen LogP contribution in [-0.4, -0.2) is 26.2 Å². The molecule has 0 aromatic rings. The fourth-order valence-electron chi connectivity index (χ4n) is 5.39. The zero-order chi connectivity index (χ0) is 17.7. The van der Waals surface area contributed by atoms with Crippen molar-refractivity contribution < 1.29 is 10.6 Å². The van der Waals surface area contributed by atoms with Crippen LogP contribution in [0.2, 0.25) is 0 Å². The maximum absolute atomic E-state index is 2.57. The average molecular weight is 335 g/mol. The van der Waals surface area contributed by atoms with E-state index in [0.717, 1.165) is 35.5 Å². The molecule has 2 rings (SSSR count). The third-order valence-corrected chi connectivity index (χ3v) is 6.65. The third-order valence-electron chi connectivity index (χ3n) is 6.65. The number of allylic oxidation sites excluding steroid dienone is 4. The zero-order valence-electron chi connectivity index (χ0n) is 17.0. The first-order valence-electron chi connectivity index (χ1n) is 10.4. The largest absolute Gasteiger partial charge is 0.341 e. The van der Waals surface area contributed by atoms with Gasteiger partial charge < -0.3 is 10.6 Å². The molecule has 0 aliphatic heterocycles. The minimum absolute atomic E-state index is 0.757. The Morgan fingerprint density at radius 3 is 1.46 bits per heavy atom. The van der Waals surface area contributed by atoms with Crippen LogP contribution in [-0.2, 0) is 0 Å². The third kappa shape index (κ3) is 5.46. The van der Waals surface area contributed by atoms with Gasteiger partial charge in [0.05, 0.1) is 13.1 Å². The summed E-state index contributed by atoms with van der Waals surface area (Å²) in [5.74, 6) is 4.94. The Balaban J connectivity index is 1.62. The lowest BCUT2D eigenvalue weighted by Crippen LogP contribution is -2.96. The van der Waals surface area contributed by atoms with Crippen LogP contribution >= 0.6 is 0 Å². The van der Waals surface area contributed by atoms with Gasteiger partial charge in [-0.3, -0.25) is 0 Å². The van der Waals surface area contributed by atoms with Gasteiger partial charge in [-0.1, -0.05) is 51.0 Å². The summed E-state index contributed by atoms with van der Waals surface area (Å²) in [4.78, 5) is 0. The second-order valence-corrected chi connectivity index (χ2v) is 9.06. The molecule has 0 unspecified atom stereocenters. The molecule has 2 aliphatic rings. The maximum Gasteiger partial charge on any atom is 0.125 e. The molecule has 6 atom stereocenters. The summed E-state index contributed by atoms with van der Waals surface area (Å²) in [6.45, 7) is 19.4. The van der Waals surface area contributed by atoms with Crippen molar-refractivity contribution in [3.63, 3.8) is 0 Å². The van der Waals surface area contributed by atoms with Crippen molar-refractivity contribution in [3.05, 3.63) is 23.3 Å². The van der Waals surface area contributed by atoms with Gasteiger partial charge in [0.1, 0.15) is 13.1 Å². The summed E-state index contributed by atoms with van der Waals surface area (Å²) in [7, 11) is 0. The van der Waals surface area contributed by atoms with Gasteiger partial charge in [-0.25, -0.2) is 0 Å². The van der Waals surface area contributed by atoms with Gasteiger partial charge in [0, 0.05) is 11.8 Å². The summed E-state index contributed by atoms with van der Waals surface area (Å²) in [6, 6.07) is 0. The summed E-state index contributed by atoms with van der Waals surface area (Å²) in [5.41, 5.74) is 3.19. The Labute approximate surface area is 150 Å². The molecule has 2 nitrogen and oxygen atoms in total. The van der Waals surface area contributed by atoms with Crippen molar-refractivity contribution in [2.75, 3.05) is 26.2 Å². The SMILES string of the molecule is CC1=C[C@H](C)[C@@H](C[NH2+]CC[NH2+]C[C@H]2[C@H](C)C=C(C)C[C@@H]2C)[C@H](C)C1. The molecule has 0 saturated carbocycles. The van der Waals surface area contributed by atoms with Gasteiger partial charge in [-0.05, 0) is 50.4 Å². The van der Waals surface area contributed by atoms with E-state index < -0.39 is 0 Å². The normalized spacial score (nSPS) is 37.1. The minimum Gasteiger partial charge on any atom is -0.341 e. The Morgan fingerprint density at radius 1 is 0.750 bits per heavy atom. The van der Waals surface area contributed by atoms with E-state index in [9.17, 15) is 0 Å². The molecule has 0 spiro atoms. The van der Waals surface area contributed by atoms with Crippen molar-refractivity contribution >= 4 is 0 Å². The number of quaternary nitrogens is 2. The van der Waals surface area contributed by atoms with Crippen LogP contribution in [0.1, 0.15) is 54.4 Å². The van der Waals surface area contributed by atoms with Crippen LogP contribution in [0, 0.1) is 35.5 Å². The molecular weight excluding hydrogens is 292 g/mol. The van der Waals surface area contributed by atoms with Gasteiger partial charge in [-0.2, -0.15) is 0 Å². The van der Waals surface area contributed by atoms with Crippen LogP contribution in [0.15, 0.2) is 23.3 Å². The van der Waals surface area contributed by atoms with Gasteiger partial charge in [0.25, 0.3) is 0 Å². The monoisotopic (exact) mass is 334 g/mol. The predicted molar refractivity (Wildman–Crippen MR) is 104 cm³/mol. The molecule has 0 amide bonds. The second kappa shape index (κ2) is 9.20. The Hall–Kier alpha value is -0.600. The van der Waals surface area contributed by atoms with E-state index in [1.165, 1.54) is 39.0 Å². The molecule has 138 valence electrons. The fourth-order valence-corrected chi connectivity index (χ4v) is 5.39. The quantitative estimate of drug-likeness (QED) is 0.530. The Morgan fingerprint density at radius 2 is 1.12 bits per heavy atom. The molecule has 0 aromatic carbocycles. The molecule has 4 N–H and O–H groups in total. The first-order chi connectivity index (χ1) is 11.4. The molecule has 0 bridgehead atoms. The van der Waals surface area contributed by atoms with Gasteiger partial charge >= 0.3 is 0 Å². The molecule has 0 fully saturated rings. The molecule has 0 saturated heterocycles. The number of hydrogen-bond donors (Lipinski definition) is 2. The van der Waals surface area contributed by atoms with Crippen LogP contribution in [0.3, 0.4) is 0 Å². The lowest BCUT2D eigenvalue weighted by molar-refractivity contribution is -0.729. The summed E-state index contributed by atoms with van der Waals surface area (Å²) in [5, 5.41) is 5.14. The summed E-state index contributed by atoms with van der Waals surface area (Å²) in [6.07, 6.45) is 7.62. The number of nitrogens with two attached hydrogens (primary N) is 2. The van der Waals surface area contributed by atoms with E-state index in [1.54, 1.807) is 11.1 Å². The smallest absolute Gasteiger partial charge is 0.125 e. The topological polar surface area (TPSA) is 33.2 Å². The van der Waals surface area contributed by atoms with E-state index in [0.29, 0.717) is 0 Å². The maximum atomic E-state index is 2.57. The highest BCUT2D eigenvalue weighted by atomic mass is 14.9. The molecule has 24 heavy (non-hydrogen) atoms. The van der Waals surface area contributed by atoms with E-state index >= 15 is 0 Å². The van der Waals surface area contributed by atoms with Crippen molar-refractivity contribution in [3.8, 4) is 0 Å². The van der Waals surface area contributed by atoms with Gasteiger partial charge in [0.2, 0.25) is 0 Å². The average Bonchev–Trinajstić information content (AvgIpc) is 2.46. The molecular formula is C22H42N2+2. The standard InChI is InChI=1S/C22H40N2/c1-15-9-17(3)21(18(4)10-15)13-23-7-8-24-14-22-19(5)11-16(2)12-20(22)6/h9,11,17-24H,7-8,10,12-14H2,1-6H3/p+2/t17-,18+,19+,20-,21+,22-. The van der Waals surface area contributed by atoms with E-state index in [2.05, 4.69) is 64.3 Å². The van der Waals surface area contributed by atoms with E-state index in [-0.39, 0.29) is 0 Å². The van der Waals surface area contributed by atoms with Crippen LogP contribution in [0.25, 0.3) is 0 Å². The van der Waals surface area contributed by atoms with Crippen LogP contribution in [0.5, 0.6) is 0 Å². The Bertz CT molecular complexity index is 409. The van der Waals surface area contributed by atoms with Gasteiger partial charge in [0.15, 0.2) is 0 Å². The zero-order valence-corrected chi connectivity index (χ0v) is 17.0. The molecule has 0 heterocycles. The van der Waals surface area contributed by atoms with Crippen molar-refractivity contribution in [2.24, 2.45) is 35.5 Å². The first kappa shape index (κ1) is 19.7. The van der Waals surface area contributed by atoms with E-state index in [1.807, 2.05) is 0 Å². The minimum atomic E-state index is 0.757. The number of rotatable bonds is 7. The van der Waals surface area contributed by atoms with E-state index in [4.69, 9.17) is 0 Å². The predicted octanol–water partition coefficient (Wildman–Crippen LogP) is 2.59. The number of hydrogen-bond acceptors (Lipinski definition) is 0. The molecule has 2 aliphatic carbocycles. The molecule has 0 aromatic heterocycles. The van der Waals surface area contributed by atoms with Crippen molar-refractivity contribution in [1.82, 2.24) is 0 Å². The lowest BCUT2D eigenvalue weighted by Gasteiger charge is -2.32. The van der Waals surface area contributed by atoms with Crippen molar-refractivity contribution in [1.29, 1.82) is 0 Å². The highest BCUT2D eigenvalue weighted by molar-refractivity contribution is 5.08. The molecule has 0 radical (unpaired) electrons. The Kier molecular flexibility index (Phi) is 7.56. The van der Waals surface area contributed by atoms with Crippen LogP contribution in [0.4, 0.5) is 0 Å².